The number of carboxylic acid groups (broad SMARTS) is 1. The first-order valence-corrected chi connectivity index (χ1v) is 7.39. The molecule has 1 fully saturated rings. The van der Waals surface area contributed by atoms with Crippen molar-refractivity contribution in [1.29, 1.82) is 0 Å². The van der Waals surface area contributed by atoms with Gasteiger partial charge in [-0.25, -0.2) is 8.42 Å². The van der Waals surface area contributed by atoms with Gasteiger partial charge >= 0.3 is 11.7 Å². The maximum atomic E-state index is 12.5. The Labute approximate surface area is 102 Å². The fourth-order valence-corrected chi connectivity index (χ4v) is 4.83. The summed E-state index contributed by atoms with van der Waals surface area (Å²) in [5.74, 6) is -5.24. The van der Waals surface area contributed by atoms with Crippen molar-refractivity contribution >= 4 is 27.8 Å². The fourth-order valence-electron chi connectivity index (χ4n) is 1.59. The Hall–Kier alpha value is -0.410. The van der Waals surface area contributed by atoms with E-state index < -0.39 is 33.2 Å². The van der Waals surface area contributed by atoms with Gasteiger partial charge in [0.1, 0.15) is 6.04 Å². The topological polar surface area (TPSA) is 74.7 Å². The van der Waals surface area contributed by atoms with Crippen LogP contribution in [0.25, 0.3) is 0 Å². The van der Waals surface area contributed by atoms with Crippen molar-refractivity contribution in [3.8, 4) is 0 Å². The fraction of sp³-hybridized carbons (Fsp3) is 0.875. The number of sulfonamides is 1. The number of nitrogens with zero attached hydrogens (tertiary/aromatic N) is 1. The lowest BCUT2D eigenvalue weighted by atomic mass is 10.2. The van der Waals surface area contributed by atoms with Gasteiger partial charge in [0, 0.05) is 5.75 Å². The van der Waals surface area contributed by atoms with Gasteiger partial charge in [0.2, 0.25) is 0 Å². The van der Waals surface area contributed by atoms with Gasteiger partial charge in [-0.15, -0.1) is 11.8 Å². The number of hydrogen-bond acceptors (Lipinski definition) is 4. The number of alkyl halides is 2. The Morgan fingerprint density at radius 3 is 2.35 bits per heavy atom. The molecule has 1 aliphatic heterocycles. The van der Waals surface area contributed by atoms with Crippen LogP contribution in [0.2, 0.25) is 0 Å². The van der Waals surface area contributed by atoms with E-state index in [1.165, 1.54) is 0 Å². The van der Waals surface area contributed by atoms with Crippen molar-refractivity contribution in [2.24, 2.45) is 5.92 Å². The van der Waals surface area contributed by atoms with Crippen molar-refractivity contribution in [3.05, 3.63) is 0 Å². The van der Waals surface area contributed by atoms with Gasteiger partial charge in [-0.1, -0.05) is 13.8 Å². The molecule has 100 valence electrons. The van der Waals surface area contributed by atoms with Gasteiger partial charge in [-0.3, -0.25) is 4.79 Å². The molecule has 1 heterocycles. The average Bonchev–Trinajstić information content (AvgIpc) is 2.61. The van der Waals surface area contributed by atoms with Crippen molar-refractivity contribution in [2.75, 3.05) is 5.75 Å². The minimum absolute atomic E-state index is 0.00979. The summed E-state index contributed by atoms with van der Waals surface area (Å²) in [7, 11) is -4.87. The molecule has 0 saturated carbocycles. The van der Waals surface area contributed by atoms with E-state index in [4.69, 9.17) is 5.11 Å². The average molecular weight is 289 g/mol. The molecule has 1 N–H and O–H groups in total. The van der Waals surface area contributed by atoms with Crippen LogP contribution in [-0.4, -0.2) is 46.7 Å². The molecule has 17 heavy (non-hydrogen) atoms. The first kappa shape index (κ1) is 14.7. The molecular formula is C8H13F2NO4S2. The zero-order valence-corrected chi connectivity index (χ0v) is 10.8. The second-order valence-electron chi connectivity index (χ2n) is 3.96. The zero-order valence-electron chi connectivity index (χ0n) is 9.21. The summed E-state index contributed by atoms with van der Waals surface area (Å²) >= 11 is 1.07. The minimum atomic E-state index is -4.87. The van der Waals surface area contributed by atoms with Gasteiger partial charge in [-0.05, 0) is 5.92 Å². The number of aliphatic carboxylic acids is 1. The SMILES string of the molecule is CC(C)C1SCC(C(=O)O)N1S(=O)(=O)C(F)F. The number of thioether (sulfide) groups is 1. The molecule has 0 aromatic rings. The zero-order chi connectivity index (χ0) is 13.4. The highest BCUT2D eigenvalue weighted by Crippen LogP contribution is 2.37. The van der Waals surface area contributed by atoms with Gasteiger partial charge < -0.3 is 5.11 Å². The summed E-state index contributed by atoms with van der Waals surface area (Å²) in [6.07, 6.45) is 0. The predicted octanol–water partition coefficient (Wildman–Crippen LogP) is 1.02. The quantitative estimate of drug-likeness (QED) is 0.836. The maximum Gasteiger partial charge on any atom is 0.350 e. The first-order chi connectivity index (χ1) is 7.69. The van der Waals surface area contributed by atoms with Crippen LogP contribution in [0, 0.1) is 5.92 Å². The van der Waals surface area contributed by atoms with Gasteiger partial charge in [0.05, 0.1) is 5.37 Å². The molecule has 0 bridgehead atoms. The third-order valence-electron chi connectivity index (χ3n) is 2.36. The Kier molecular flexibility index (Phi) is 4.37. The van der Waals surface area contributed by atoms with Crippen molar-refractivity contribution in [3.63, 3.8) is 0 Å². The van der Waals surface area contributed by atoms with E-state index in [2.05, 4.69) is 0 Å². The highest BCUT2D eigenvalue weighted by atomic mass is 32.2. The minimum Gasteiger partial charge on any atom is -0.480 e. The van der Waals surface area contributed by atoms with Crippen LogP contribution >= 0.6 is 11.8 Å². The number of carboxylic acids is 1. The van der Waals surface area contributed by atoms with Crippen molar-refractivity contribution in [2.45, 2.75) is 31.0 Å². The standard InChI is InChI=1S/C8H13F2NO4S2/c1-4(2)6-11(17(14,15)8(9)10)5(3-16-6)7(12)13/h4-6,8H,3H2,1-2H3,(H,12,13). The molecule has 0 aliphatic carbocycles. The molecule has 5 nitrogen and oxygen atoms in total. The molecule has 0 spiro atoms. The summed E-state index contributed by atoms with van der Waals surface area (Å²) in [6.45, 7) is 3.33. The van der Waals surface area contributed by atoms with E-state index in [1.807, 2.05) is 0 Å². The van der Waals surface area contributed by atoms with Gasteiger partial charge in [-0.2, -0.15) is 13.1 Å². The van der Waals surface area contributed by atoms with E-state index in [0.29, 0.717) is 4.31 Å². The van der Waals surface area contributed by atoms with Gasteiger partial charge in [0.15, 0.2) is 0 Å². The largest absolute Gasteiger partial charge is 0.480 e. The molecule has 2 unspecified atom stereocenters. The van der Waals surface area contributed by atoms with Crippen LogP contribution in [0.15, 0.2) is 0 Å². The lowest BCUT2D eigenvalue weighted by Gasteiger charge is -2.28. The highest BCUT2D eigenvalue weighted by Gasteiger charge is 2.49. The third-order valence-corrected chi connectivity index (χ3v) is 5.63. The Morgan fingerprint density at radius 1 is 1.47 bits per heavy atom. The highest BCUT2D eigenvalue weighted by molar-refractivity contribution is 8.01. The first-order valence-electron chi connectivity index (χ1n) is 4.84. The molecule has 9 heteroatoms. The summed E-state index contributed by atoms with van der Waals surface area (Å²) in [5, 5.41) is 8.11. The molecule has 0 radical (unpaired) electrons. The Morgan fingerprint density at radius 2 is 2.00 bits per heavy atom. The number of hydrogen-bond donors (Lipinski definition) is 1. The molecule has 0 aromatic heterocycles. The maximum absolute atomic E-state index is 12.5. The molecule has 1 aliphatic rings. The van der Waals surface area contributed by atoms with E-state index in [0.717, 1.165) is 11.8 Å². The smallest absolute Gasteiger partial charge is 0.350 e. The molecule has 1 rings (SSSR count). The monoisotopic (exact) mass is 289 g/mol. The number of carbonyl (C=O) groups is 1. The van der Waals surface area contributed by atoms with Gasteiger partial charge in [0.25, 0.3) is 10.0 Å². The van der Waals surface area contributed by atoms with E-state index in [-0.39, 0.29) is 11.7 Å². The van der Waals surface area contributed by atoms with Crippen LogP contribution in [0.4, 0.5) is 8.78 Å². The molecule has 0 amide bonds. The van der Waals surface area contributed by atoms with Crippen LogP contribution in [0.5, 0.6) is 0 Å². The molecule has 0 aromatic carbocycles. The summed E-state index contributed by atoms with van der Waals surface area (Å²) < 4.78 is 48.4. The summed E-state index contributed by atoms with van der Waals surface area (Å²) in [5.41, 5.74) is 0. The summed E-state index contributed by atoms with van der Waals surface area (Å²) in [6, 6.07) is -1.41. The Bertz CT molecular complexity index is 398. The summed E-state index contributed by atoms with van der Waals surface area (Å²) in [4.78, 5) is 10.9. The van der Waals surface area contributed by atoms with E-state index >= 15 is 0 Å². The molecule has 2 atom stereocenters. The second-order valence-corrected chi connectivity index (χ2v) is 6.92. The van der Waals surface area contributed by atoms with Crippen LogP contribution in [0.1, 0.15) is 13.8 Å². The molecule has 1 saturated heterocycles. The predicted molar refractivity (Wildman–Crippen MR) is 59.3 cm³/mol. The van der Waals surface area contributed by atoms with Crippen LogP contribution in [-0.2, 0) is 14.8 Å². The van der Waals surface area contributed by atoms with Crippen LogP contribution in [0.3, 0.4) is 0 Å². The van der Waals surface area contributed by atoms with Crippen LogP contribution < -0.4 is 0 Å². The third kappa shape index (κ3) is 2.71. The number of halogens is 2. The van der Waals surface area contributed by atoms with Crippen molar-refractivity contribution < 1.29 is 27.1 Å². The van der Waals surface area contributed by atoms with E-state index in [9.17, 15) is 22.0 Å². The second kappa shape index (κ2) is 5.07. The normalized spacial score (nSPS) is 26.9. The lowest BCUT2D eigenvalue weighted by molar-refractivity contribution is -0.140. The van der Waals surface area contributed by atoms with E-state index in [1.54, 1.807) is 13.8 Å². The lowest BCUT2D eigenvalue weighted by Crippen LogP contribution is -2.49. The number of rotatable bonds is 4. The molecular weight excluding hydrogens is 276 g/mol. The van der Waals surface area contributed by atoms with Crippen molar-refractivity contribution in [1.82, 2.24) is 4.31 Å². The Balaban J connectivity index is 3.15.